The average Bonchev–Trinajstić information content (AvgIpc) is 2.73. The van der Waals surface area contributed by atoms with Gasteiger partial charge < -0.3 is 24.7 Å². The van der Waals surface area contributed by atoms with Gasteiger partial charge in [0.05, 0.1) is 0 Å². The molecule has 0 heterocycles. The molecule has 9 nitrogen and oxygen atoms in total. The van der Waals surface area contributed by atoms with Gasteiger partial charge in [-0.3, -0.25) is 4.79 Å². The monoisotopic (exact) mass is 471 g/mol. The van der Waals surface area contributed by atoms with E-state index in [1.54, 1.807) is 24.3 Å². The Balaban J connectivity index is 1.68. The van der Waals surface area contributed by atoms with Gasteiger partial charge in [0.25, 0.3) is 0 Å². The maximum atomic E-state index is 12.0. The summed E-state index contributed by atoms with van der Waals surface area (Å²) in [5, 5.41) is 0. The number of nitrogens with two attached hydrogens (primary N) is 1. The van der Waals surface area contributed by atoms with Crippen LogP contribution in [0, 0.1) is 27.7 Å². The van der Waals surface area contributed by atoms with Crippen LogP contribution in [0.25, 0.3) is 0 Å². The molecule has 1 atom stereocenters. The molecule has 0 aliphatic heterocycles. The Morgan fingerprint density at radius 3 is 1.53 bits per heavy atom. The van der Waals surface area contributed by atoms with E-state index in [4.69, 9.17) is 15.2 Å². The van der Waals surface area contributed by atoms with Crippen LogP contribution in [0.4, 0.5) is 0 Å². The van der Waals surface area contributed by atoms with Crippen molar-refractivity contribution >= 4 is 23.9 Å². The molecular weight excluding hydrogens is 442 g/mol. The second-order valence-electron chi connectivity index (χ2n) is 8.01. The number of carbonyl (C=O) groups is 4. The van der Waals surface area contributed by atoms with E-state index in [2.05, 4.69) is 9.47 Å². The molecule has 34 heavy (non-hydrogen) atoms. The van der Waals surface area contributed by atoms with Gasteiger partial charge >= 0.3 is 23.9 Å². The first-order valence-corrected chi connectivity index (χ1v) is 10.7. The van der Waals surface area contributed by atoms with Crippen molar-refractivity contribution in [1.29, 1.82) is 0 Å². The van der Waals surface area contributed by atoms with Gasteiger partial charge in [-0.2, -0.15) is 0 Å². The van der Waals surface area contributed by atoms with Crippen molar-refractivity contribution in [2.75, 3.05) is 13.2 Å². The van der Waals surface area contributed by atoms with Gasteiger partial charge in [-0.1, -0.05) is 12.1 Å². The second kappa shape index (κ2) is 12.5. The number of ether oxygens (including phenoxy) is 4. The van der Waals surface area contributed by atoms with Crippen LogP contribution in [0.5, 0.6) is 11.5 Å². The standard InChI is InChI=1S/C25H29NO8/c1-15-7-16(2)10-19(9-15)31-13-23(28)33-22(27)6-5-21(26)25(30)34-24(29)14-32-20-11-17(3)8-18(4)12-20/h7-12,21H,5-6,13-14,26H2,1-4H3/t21-/m0/s1. The van der Waals surface area contributed by atoms with Crippen LogP contribution in [0.2, 0.25) is 0 Å². The van der Waals surface area contributed by atoms with Gasteiger partial charge in [0, 0.05) is 6.42 Å². The van der Waals surface area contributed by atoms with Crippen LogP contribution >= 0.6 is 0 Å². The number of hydrogen-bond donors (Lipinski definition) is 1. The molecule has 0 saturated carbocycles. The van der Waals surface area contributed by atoms with E-state index < -0.39 is 43.1 Å². The topological polar surface area (TPSA) is 131 Å². The van der Waals surface area contributed by atoms with Crippen LogP contribution in [0.15, 0.2) is 36.4 Å². The first kappa shape index (κ1) is 26.5. The van der Waals surface area contributed by atoms with E-state index in [1.165, 1.54) is 0 Å². The maximum absolute atomic E-state index is 12.0. The Hall–Kier alpha value is -3.72. The third-order valence-corrected chi connectivity index (χ3v) is 4.51. The fourth-order valence-electron chi connectivity index (χ4n) is 3.13. The number of hydrogen-bond acceptors (Lipinski definition) is 9. The van der Waals surface area contributed by atoms with Gasteiger partial charge in [0.2, 0.25) is 0 Å². The maximum Gasteiger partial charge on any atom is 0.351 e. The zero-order valence-electron chi connectivity index (χ0n) is 19.7. The van der Waals surface area contributed by atoms with Crippen molar-refractivity contribution in [3.8, 4) is 11.5 Å². The predicted molar refractivity (Wildman–Crippen MR) is 122 cm³/mol. The highest BCUT2D eigenvalue weighted by molar-refractivity contribution is 5.90. The molecule has 0 bridgehead atoms. The molecule has 0 spiro atoms. The first-order valence-electron chi connectivity index (χ1n) is 10.7. The molecule has 2 aromatic rings. The van der Waals surface area contributed by atoms with Gasteiger partial charge in [-0.05, 0) is 80.6 Å². The Morgan fingerprint density at radius 2 is 1.09 bits per heavy atom. The third kappa shape index (κ3) is 9.41. The van der Waals surface area contributed by atoms with Crippen molar-refractivity contribution in [2.24, 2.45) is 5.73 Å². The second-order valence-corrected chi connectivity index (χ2v) is 8.01. The average molecular weight is 472 g/mol. The Labute approximate surface area is 198 Å². The summed E-state index contributed by atoms with van der Waals surface area (Å²) in [5.74, 6) is -2.72. The van der Waals surface area contributed by atoms with Gasteiger partial charge in [0.1, 0.15) is 17.5 Å². The van der Waals surface area contributed by atoms with E-state index in [9.17, 15) is 19.2 Å². The highest BCUT2D eigenvalue weighted by Gasteiger charge is 2.21. The molecule has 0 fully saturated rings. The molecule has 0 aliphatic carbocycles. The fraction of sp³-hybridized carbons (Fsp3) is 0.360. The molecule has 0 aliphatic rings. The molecule has 0 unspecified atom stereocenters. The smallest absolute Gasteiger partial charge is 0.351 e. The minimum atomic E-state index is -1.25. The lowest BCUT2D eigenvalue weighted by Crippen LogP contribution is -2.35. The van der Waals surface area contributed by atoms with Gasteiger partial charge in [0.15, 0.2) is 13.2 Å². The van der Waals surface area contributed by atoms with E-state index in [0.29, 0.717) is 11.5 Å². The third-order valence-electron chi connectivity index (χ3n) is 4.51. The lowest BCUT2D eigenvalue weighted by atomic mass is 10.1. The molecule has 0 radical (unpaired) electrons. The first-order chi connectivity index (χ1) is 16.0. The molecule has 0 amide bonds. The van der Waals surface area contributed by atoms with Crippen molar-refractivity contribution in [2.45, 2.75) is 46.6 Å². The summed E-state index contributed by atoms with van der Waals surface area (Å²) < 4.78 is 20.0. The molecule has 0 saturated heterocycles. The Kier molecular flexibility index (Phi) is 9.76. The number of carbonyl (C=O) groups excluding carboxylic acids is 4. The summed E-state index contributed by atoms with van der Waals surface area (Å²) in [7, 11) is 0. The van der Waals surface area contributed by atoms with E-state index in [0.717, 1.165) is 22.3 Å². The number of esters is 4. The van der Waals surface area contributed by atoms with Crippen molar-refractivity contribution in [3.63, 3.8) is 0 Å². The number of rotatable bonds is 10. The van der Waals surface area contributed by atoms with Crippen LogP contribution < -0.4 is 15.2 Å². The van der Waals surface area contributed by atoms with Crippen LogP contribution in [0.3, 0.4) is 0 Å². The summed E-state index contributed by atoms with van der Waals surface area (Å²) in [6, 6.07) is 9.64. The van der Waals surface area contributed by atoms with Gasteiger partial charge in [-0.15, -0.1) is 0 Å². The molecule has 2 rings (SSSR count). The number of aryl methyl sites for hydroxylation is 4. The molecule has 2 aromatic carbocycles. The van der Waals surface area contributed by atoms with Crippen molar-refractivity contribution in [1.82, 2.24) is 0 Å². The minimum absolute atomic E-state index is 0.173. The molecule has 9 heteroatoms. The van der Waals surface area contributed by atoms with Crippen molar-refractivity contribution < 1.29 is 38.1 Å². The lowest BCUT2D eigenvalue weighted by molar-refractivity contribution is -0.162. The highest BCUT2D eigenvalue weighted by atomic mass is 16.6. The van der Waals surface area contributed by atoms with Crippen molar-refractivity contribution in [3.05, 3.63) is 58.7 Å². The largest absolute Gasteiger partial charge is 0.482 e. The van der Waals surface area contributed by atoms with Crippen LogP contribution in [0.1, 0.15) is 35.1 Å². The van der Waals surface area contributed by atoms with E-state index >= 15 is 0 Å². The molecule has 0 aromatic heterocycles. The summed E-state index contributed by atoms with van der Waals surface area (Å²) in [4.78, 5) is 47.4. The summed E-state index contributed by atoms with van der Waals surface area (Å²) >= 11 is 0. The van der Waals surface area contributed by atoms with Gasteiger partial charge in [-0.25, -0.2) is 14.4 Å². The zero-order chi connectivity index (χ0) is 25.3. The molecular formula is C25H29NO8. The fourth-order valence-corrected chi connectivity index (χ4v) is 3.13. The Morgan fingerprint density at radius 1 is 0.676 bits per heavy atom. The number of benzene rings is 2. The molecule has 2 N–H and O–H groups in total. The quantitative estimate of drug-likeness (QED) is 0.410. The molecule has 182 valence electrons. The summed E-state index contributed by atoms with van der Waals surface area (Å²) in [5.41, 5.74) is 9.53. The lowest BCUT2D eigenvalue weighted by Gasteiger charge is -2.11. The normalized spacial score (nSPS) is 11.3. The predicted octanol–water partition coefficient (Wildman–Crippen LogP) is 2.63. The zero-order valence-corrected chi connectivity index (χ0v) is 19.7. The highest BCUT2D eigenvalue weighted by Crippen LogP contribution is 2.17. The minimum Gasteiger partial charge on any atom is -0.482 e. The van der Waals surface area contributed by atoms with E-state index in [1.807, 2.05) is 39.8 Å². The summed E-state index contributed by atoms with van der Waals surface area (Å²) in [6.45, 7) is 6.63. The SMILES string of the molecule is Cc1cc(C)cc(OCC(=O)OC(=O)CC[C@H](N)C(=O)OC(=O)COc2cc(C)cc(C)c2)c1. The van der Waals surface area contributed by atoms with Crippen LogP contribution in [-0.4, -0.2) is 43.1 Å². The van der Waals surface area contributed by atoms with Crippen LogP contribution in [-0.2, 0) is 28.7 Å². The van der Waals surface area contributed by atoms with E-state index in [-0.39, 0.29) is 12.8 Å². The Bertz CT molecular complexity index is 1020. The summed E-state index contributed by atoms with van der Waals surface area (Å²) in [6.07, 6.45) is -0.493.